The Kier molecular flexibility index (Phi) is 8.77. The summed E-state index contributed by atoms with van der Waals surface area (Å²) < 4.78 is 40.1. The number of aryl methyl sites for hydroxylation is 1. The number of carbonyl (C=O) groups excluding carboxylic acids is 1. The molecule has 1 saturated heterocycles. The maximum atomic E-state index is 12.5. The molecule has 1 aromatic carbocycles. The summed E-state index contributed by atoms with van der Waals surface area (Å²) in [6, 6.07) is 7.69. The predicted octanol–water partition coefficient (Wildman–Crippen LogP) is 3.29. The lowest BCUT2D eigenvalue weighted by molar-refractivity contribution is -0.00867. The molecule has 3 rings (SSSR count). The van der Waals surface area contributed by atoms with E-state index in [1.54, 1.807) is 4.90 Å². The van der Waals surface area contributed by atoms with Crippen molar-refractivity contribution in [3.05, 3.63) is 35.4 Å². The first-order valence-corrected chi connectivity index (χ1v) is 13.4. The van der Waals surface area contributed by atoms with Gasteiger partial charge in [-0.15, -0.1) is 0 Å². The molecule has 0 aromatic heterocycles. The van der Waals surface area contributed by atoms with Crippen molar-refractivity contribution in [3.63, 3.8) is 0 Å². The number of rotatable bonds is 8. The van der Waals surface area contributed by atoms with E-state index in [1.807, 2.05) is 6.92 Å². The summed E-state index contributed by atoms with van der Waals surface area (Å²) >= 11 is 0. The summed E-state index contributed by atoms with van der Waals surface area (Å²) in [7, 11) is 0.685. The third-order valence-electron chi connectivity index (χ3n) is 7.11. The quantitative estimate of drug-likeness (QED) is 0.616. The highest BCUT2D eigenvalue weighted by atomic mass is 32.2. The average Bonchev–Trinajstić information content (AvgIpc) is 3.11. The van der Waals surface area contributed by atoms with Crippen LogP contribution in [0.1, 0.15) is 63.0 Å². The molecule has 1 aromatic rings. The van der Waals surface area contributed by atoms with Crippen LogP contribution in [0.3, 0.4) is 0 Å². The Hall–Kier alpha value is -1.68. The molecule has 1 aliphatic carbocycles. The fraction of sp³-hybridized carbons (Fsp3) is 0.708. The highest BCUT2D eigenvalue weighted by molar-refractivity contribution is 7.87. The van der Waals surface area contributed by atoms with Gasteiger partial charge in [0.2, 0.25) is 0 Å². The summed E-state index contributed by atoms with van der Waals surface area (Å²) in [5.74, 6) is 0.554. The van der Waals surface area contributed by atoms with Crippen LogP contribution in [0.25, 0.3) is 0 Å². The van der Waals surface area contributed by atoms with E-state index in [0.29, 0.717) is 12.3 Å². The SMILES string of the molecule is CCc1ccccc1[C@H]1CC[C@@H](OC[C@H]2[C@@H](NS(=O)(=O)N(C)C)C[C@@H](C)N2C(=O)OC)CC1. The van der Waals surface area contributed by atoms with Crippen molar-refractivity contribution < 1.29 is 22.7 Å². The lowest BCUT2D eigenvalue weighted by Crippen LogP contribution is -2.52. The highest BCUT2D eigenvalue weighted by Gasteiger charge is 2.44. The molecule has 1 amide bonds. The minimum absolute atomic E-state index is 0.108. The molecule has 8 nitrogen and oxygen atoms in total. The largest absolute Gasteiger partial charge is 0.453 e. The molecular formula is C24H39N3O5S. The van der Waals surface area contributed by atoms with E-state index >= 15 is 0 Å². The molecule has 33 heavy (non-hydrogen) atoms. The Balaban J connectivity index is 1.64. The number of ether oxygens (including phenoxy) is 2. The van der Waals surface area contributed by atoms with Crippen molar-refractivity contribution in [2.24, 2.45) is 0 Å². The Bertz CT molecular complexity index is 899. The van der Waals surface area contributed by atoms with E-state index in [9.17, 15) is 13.2 Å². The standard InChI is InChI=1S/C24H39N3O5S/c1-6-18-9-7-8-10-21(18)19-11-13-20(14-12-19)32-16-23-22(25-33(29,30)26(3)4)15-17(2)27(23)24(28)31-5/h7-10,17,19-20,22-23,25H,6,11-16H2,1-5H3/t17-,19-,20+,22+,23+/m1/s1. The Morgan fingerprint density at radius 1 is 1.18 bits per heavy atom. The molecule has 2 aliphatic rings. The number of likely N-dealkylation sites (tertiary alicyclic amines) is 1. The first-order chi connectivity index (χ1) is 15.7. The van der Waals surface area contributed by atoms with Crippen LogP contribution in [0.2, 0.25) is 0 Å². The first-order valence-electron chi connectivity index (χ1n) is 11.9. The normalized spacial score (nSPS) is 28.3. The second-order valence-corrected chi connectivity index (χ2v) is 11.3. The minimum Gasteiger partial charge on any atom is -0.453 e. The van der Waals surface area contributed by atoms with Crippen LogP contribution in [0.5, 0.6) is 0 Å². The number of hydrogen-bond donors (Lipinski definition) is 1. The molecule has 1 saturated carbocycles. The number of amides is 1. The summed E-state index contributed by atoms with van der Waals surface area (Å²) in [6.07, 6.45) is 5.25. The smallest absolute Gasteiger partial charge is 0.410 e. The van der Waals surface area contributed by atoms with Gasteiger partial charge >= 0.3 is 6.09 Å². The molecule has 1 heterocycles. The zero-order chi connectivity index (χ0) is 24.2. The zero-order valence-electron chi connectivity index (χ0n) is 20.5. The fourth-order valence-electron chi connectivity index (χ4n) is 5.23. The lowest BCUT2D eigenvalue weighted by atomic mass is 9.80. The van der Waals surface area contributed by atoms with Crippen LogP contribution in [0.15, 0.2) is 24.3 Å². The number of nitrogens with zero attached hydrogens (tertiary/aromatic N) is 2. The molecule has 9 heteroatoms. The topological polar surface area (TPSA) is 88.2 Å². The summed E-state index contributed by atoms with van der Waals surface area (Å²) in [5, 5.41) is 0. The van der Waals surface area contributed by atoms with Gasteiger partial charge in [0.05, 0.1) is 25.9 Å². The van der Waals surface area contributed by atoms with Gasteiger partial charge in [-0.2, -0.15) is 17.4 Å². The second-order valence-electron chi connectivity index (χ2n) is 9.40. The summed E-state index contributed by atoms with van der Waals surface area (Å²) in [4.78, 5) is 14.1. The molecule has 186 valence electrons. The van der Waals surface area contributed by atoms with E-state index in [4.69, 9.17) is 9.47 Å². The van der Waals surface area contributed by atoms with Gasteiger partial charge in [-0.3, -0.25) is 4.90 Å². The Morgan fingerprint density at radius 2 is 1.85 bits per heavy atom. The molecular weight excluding hydrogens is 442 g/mol. The fourth-order valence-corrected chi connectivity index (χ4v) is 6.08. The minimum atomic E-state index is -3.63. The second kappa shape index (κ2) is 11.2. The van der Waals surface area contributed by atoms with Crippen LogP contribution < -0.4 is 4.72 Å². The number of hydrogen-bond acceptors (Lipinski definition) is 5. The molecule has 0 spiro atoms. The van der Waals surface area contributed by atoms with E-state index in [-0.39, 0.29) is 18.8 Å². The summed E-state index contributed by atoms with van der Waals surface area (Å²) in [6.45, 7) is 4.38. The van der Waals surface area contributed by atoms with Crippen molar-refractivity contribution in [2.45, 2.75) is 82.5 Å². The van der Waals surface area contributed by atoms with E-state index in [1.165, 1.54) is 32.3 Å². The van der Waals surface area contributed by atoms with Crippen molar-refractivity contribution >= 4 is 16.3 Å². The molecule has 1 aliphatic heterocycles. The lowest BCUT2D eigenvalue weighted by Gasteiger charge is -2.33. The van der Waals surface area contributed by atoms with Gasteiger partial charge in [0.1, 0.15) is 0 Å². The Morgan fingerprint density at radius 3 is 2.45 bits per heavy atom. The Labute approximate surface area is 198 Å². The van der Waals surface area contributed by atoms with Gasteiger partial charge < -0.3 is 9.47 Å². The zero-order valence-corrected chi connectivity index (χ0v) is 21.3. The van der Waals surface area contributed by atoms with Gasteiger partial charge in [0, 0.05) is 26.2 Å². The van der Waals surface area contributed by atoms with E-state index < -0.39 is 28.4 Å². The average molecular weight is 482 g/mol. The van der Waals surface area contributed by atoms with Crippen molar-refractivity contribution in [1.29, 1.82) is 0 Å². The van der Waals surface area contributed by atoms with Crippen LogP contribution in [-0.2, 0) is 26.1 Å². The van der Waals surface area contributed by atoms with E-state index in [0.717, 1.165) is 36.4 Å². The number of carbonyl (C=O) groups is 1. The molecule has 0 bridgehead atoms. The van der Waals surface area contributed by atoms with Gasteiger partial charge in [-0.1, -0.05) is 31.2 Å². The third kappa shape index (κ3) is 6.07. The van der Waals surface area contributed by atoms with Crippen LogP contribution in [-0.4, -0.2) is 75.8 Å². The monoisotopic (exact) mass is 481 g/mol. The van der Waals surface area contributed by atoms with E-state index in [2.05, 4.69) is 35.9 Å². The molecule has 3 atom stereocenters. The highest BCUT2D eigenvalue weighted by Crippen LogP contribution is 2.36. The van der Waals surface area contributed by atoms with Crippen molar-refractivity contribution in [1.82, 2.24) is 13.9 Å². The number of nitrogens with one attached hydrogen (secondary N) is 1. The van der Waals surface area contributed by atoms with Crippen LogP contribution in [0, 0.1) is 0 Å². The van der Waals surface area contributed by atoms with Gasteiger partial charge in [-0.05, 0) is 62.5 Å². The van der Waals surface area contributed by atoms with Gasteiger partial charge in [0.15, 0.2) is 0 Å². The summed E-state index contributed by atoms with van der Waals surface area (Å²) in [5.41, 5.74) is 2.88. The number of benzene rings is 1. The van der Waals surface area contributed by atoms with Crippen molar-refractivity contribution in [3.8, 4) is 0 Å². The van der Waals surface area contributed by atoms with Gasteiger partial charge in [-0.25, -0.2) is 4.79 Å². The molecule has 0 unspecified atom stereocenters. The maximum Gasteiger partial charge on any atom is 0.410 e. The van der Waals surface area contributed by atoms with Crippen molar-refractivity contribution in [2.75, 3.05) is 27.8 Å². The molecule has 1 N–H and O–H groups in total. The van der Waals surface area contributed by atoms with Gasteiger partial charge in [0.25, 0.3) is 10.2 Å². The van der Waals surface area contributed by atoms with Crippen LogP contribution in [0.4, 0.5) is 4.79 Å². The molecule has 0 radical (unpaired) electrons. The third-order valence-corrected chi connectivity index (χ3v) is 8.67. The maximum absolute atomic E-state index is 12.5. The number of methoxy groups -OCH3 is 1. The first kappa shape index (κ1) is 25.9. The predicted molar refractivity (Wildman–Crippen MR) is 128 cm³/mol. The molecule has 2 fully saturated rings. The van der Waals surface area contributed by atoms with Crippen LogP contribution >= 0.6 is 0 Å².